The fraction of sp³-hybridized carbons (Fsp3) is 0.833. The van der Waals surface area contributed by atoms with E-state index in [0.717, 1.165) is 0 Å². The van der Waals surface area contributed by atoms with Gasteiger partial charge < -0.3 is 15.2 Å². The second kappa shape index (κ2) is 4.20. The van der Waals surface area contributed by atoms with Crippen molar-refractivity contribution >= 4 is 12.1 Å². The molecule has 1 amide bonds. The number of hydrogen-bond donors (Lipinski definition) is 2. The summed E-state index contributed by atoms with van der Waals surface area (Å²) in [7, 11) is 0. The highest BCUT2D eigenvalue weighted by atomic mass is 16.6. The molecule has 2 N–H and O–H groups in total. The molecule has 1 fully saturated rings. The van der Waals surface area contributed by atoms with Crippen molar-refractivity contribution in [2.75, 3.05) is 0 Å². The van der Waals surface area contributed by atoms with Crippen LogP contribution < -0.4 is 5.32 Å². The number of carboxylic acid groups (broad SMARTS) is 1. The molecule has 0 saturated heterocycles. The quantitative estimate of drug-likeness (QED) is 0.795. The first-order chi connectivity index (χ1) is 7.58. The molecular weight excluding hydrogens is 222 g/mol. The third-order valence-electron chi connectivity index (χ3n) is 2.93. The molecule has 98 valence electrons. The predicted molar refractivity (Wildman–Crippen MR) is 62.7 cm³/mol. The Morgan fingerprint density at radius 2 is 1.94 bits per heavy atom. The highest BCUT2D eigenvalue weighted by Crippen LogP contribution is 2.48. The Hall–Kier alpha value is -1.26. The molecule has 1 aliphatic carbocycles. The number of carbonyl (C=O) groups is 2. The van der Waals surface area contributed by atoms with Crippen LogP contribution in [-0.4, -0.2) is 28.3 Å². The molecule has 0 unspecified atom stereocenters. The second-order valence-corrected chi connectivity index (χ2v) is 5.96. The van der Waals surface area contributed by atoms with Gasteiger partial charge in [0.05, 0.1) is 0 Å². The first-order valence-corrected chi connectivity index (χ1v) is 5.83. The fourth-order valence-electron chi connectivity index (χ4n) is 2.02. The van der Waals surface area contributed by atoms with Gasteiger partial charge in [-0.1, -0.05) is 13.8 Å². The maximum Gasteiger partial charge on any atom is 0.408 e. The van der Waals surface area contributed by atoms with E-state index in [4.69, 9.17) is 4.74 Å². The van der Waals surface area contributed by atoms with Crippen LogP contribution in [0.1, 0.15) is 41.0 Å². The molecule has 5 heteroatoms. The number of rotatable bonds is 3. The van der Waals surface area contributed by atoms with Crippen LogP contribution >= 0.6 is 0 Å². The molecule has 5 nitrogen and oxygen atoms in total. The Kier molecular flexibility index (Phi) is 3.41. The number of carbonyl (C=O) groups excluding carboxylic acids is 1. The molecule has 1 saturated carbocycles. The maximum atomic E-state index is 11.6. The van der Waals surface area contributed by atoms with Gasteiger partial charge in [-0.05, 0) is 39.0 Å². The van der Waals surface area contributed by atoms with Crippen LogP contribution in [-0.2, 0) is 9.53 Å². The predicted octanol–water partition coefficient (Wildman–Crippen LogP) is 2.01. The van der Waals surface area contributed by atoms with Gasteiger partial charge in [-0.2, -0.15) is 0 Å². The van der Waals surface area contributed by atoms with Crippen molar-refractivity contribution in [1.29, 1.82) is 0 Å². The second-order valence-electron chi connectivity index (χ2n) is 5.96. The number of aliphatic carboxylic acids is 1. The van der Waals surface area contributed by atoms with Gasteiger partial charge in [0, 0.05) is 0 Å². The summed E-state index contributed by atoms with van der Waals surface area (Å²) in [6.07, 6.45) is -0.192. The lowest BCUT2D eigenvalue weighted by molar-refractivity contribution is -0.141. The Morgan fingerprint density at radius 3 is 2.24 bits per heavy atom. The Labute approximate surface area is 102 Å². The third kappa shape index (κ3) is 3.11. The summed E-state index contributed by atoms with van der Waals surface area (Å²) < 4.78 is 5.08. The molecule has 2 atom stereocenters. The maximum absolute atomic E-state index is 11.6. The Balaban J connectivity index is 2.66. The largest absolute Gasteiger partial charge is 0.479 e. The SMILES string of the molecule is CC(C)[C@@H]1C[C@@]1(NC(=O)OC(C)(C)C)C(=O)O. The highest BCUT2D eigenvalue weighted by molar-refractivity contribution is 5.88. The number of alkyl carbamates (subject to hydrolysis) is 1. The van der Waals surface area contributed by atoms with Crippen LogP contribution in [0.2, 0.25) is 0 Å². The number of amides is 1. The van der Waals surface area contributed by atoms with E-state index in [2.05, 4.69) is 5.32 Å². The average Bonchev–Trinajstić information content (AvgIpc) is 2.76. The van der Waals surface area contributed by atoms with E-state index in [1.54, 1.807) is 20.8 Å². The van der Waals surface area contributed by atoms with Crippen LogP contribution in [0.25, 0.3) is 0 Å². The van der Waals surface area contributed by atoms with Crippen LogP contribution in [0.15, 0.2) is 0 Å². The molecule has 0 bridgehead atoms. The van der Waals surface area contributed by atoms with Gasteiger partial charge in [0.2, 0.25) is 0 Å². The lowest BCUT2D eigenvalue weighted by Crippen LogP contribution is -2.47. The van der Waals surface area contributed by atoms with Gasteiger partial charge in [0.15, 0.2) is 0 Å². The molecule has 0 aromatic rings. The van der Waals surface area contributed by atoms with E-state index in [1.165, 1.54) is 0 Å². The highest BCUT2D eigenvalue weighted by Gasteiger charge is 2.63. The average molecular weight is 243 g/mol. The molecule has 0 heterocycles. The lowest BCUT2D eigenvalue weighted by Gasteiger charge is -2.22. The van der Waals surface area contributed by atoms with Crippen molar-refractivity contribution in [1.82, 2.24) is 5.32 Å². The van der Waals surface area contributed by atoms with Crippen molar-refractivity contribution in [3.63, 3.8) is 0 Å². The summed E-state index contributed by atoms with van der Waals surface area (Å²) in [6.45, 7) is 9.13. The van der Waals surface area contributed by atoms with Crippen LogP contribution in [0.3, 0.4) is 0 Å². The van der Waals surface area contributed by atoms with E-state index < -0.39 is 23.2 Å². The van der Waals surface area contributed by atoms with Crippen molar-refractivity contribution in [2.45, 2.75) is 52.2 Å². The van der Waals surface area contributed by atoms with Crippen molar-refractivity contribution in [2.24, 2.45) is 11.8 Å². The molecule has 1 aliphatic rings. The smallest absolute Gasteiger partial charge is 0.408 e. The third-order valence-corrected chi connectivity index (χ3v) is 2.93. The summed E-state index contributed by atoms with van der Waals surface area (Å²) in [6, 6.07) is 0. The van der Waals surface area contributed by atoms with E-state index in [0.29, 0.717) is 6.42 Å². The van der Waals surface area contributed by atoms with Crippen molar-refractivity contribution in [3.05, 3.63) is 0 Å². The van der Waals surface area contributed by atoms with Gasteiger partial charge in [-0.3, -0.25) is 0 Å². The molecule has 0 radical (unpaired) electrons. The topological polar surface area (TPSA) is 75.6 Å². The lowest BCUT2D eigenvalue weighted by atomic mass is 10.0. The normalized spacial score (nSPS) is 27.8. The van der Waals surface area contributed by atoms with Crippen LogP contribution in [0, 0.1) is 11.8 Å². The van der Waals surface area contributed by atoms with Gasteiger partial charge in [-0.15, -0.1) is 0 Å². The van der Waals surface area contributed by atoms with Gasteiger partial charge in [-0.25, -0.2) is 9.59 Å². The number of hydrogen-bond acceptors (Lipinski definition) is 3. The molecule has 0 aromatic carbocycles. The number of ether oxygens (including phenoxy) is 1. The molecule has 0 aliphatic heterocycles. The summed E-state index contributed by atoms with van der Waals surface area (Å²) in [5.74, 6) is -0.782. The first-order valence-electron chi connectivity index (χ1n) is 5.83. The van der Waals surface area contributed by atoms with Crippen molar-refractivity contribution < 1.29 is 19.4 Å². The first kappa shape index (κ1) is 13.8. The molecular formula is C12H21NO4. The molecule has 17 heavy (non-hydrogen) atoms. The minimum absolute atomic E-state index is 0.0208. The van der Waals surface area contributed by atoms with E-state index in [9.17, 15) is 14.7 Å². The zero-order chi connectivity index (χ0) is 13.4. The van der Waals surface area contributed by atoms with Crippen molar-refractivity contribution in [3.8, 4) is 0 Å². The summed E-state index contributed by atoms with van der Waals surface area (Å²) >= 11 is 0. The van der Waals surface area contributed by atoms with Crippen LogP contribution in [0.4, 0.5) is 4.79 Å². The zero-order valence-electron chi connectivity index (χ0n) is 11.0. The van der Waals surface area contributed by atoms with Gasteiger partial charge in [0.1, 0.15) is 11.1 Å². The monoisotopic (exact) mass is 243 g/mol. The minimum Gasteiger partial charge on any atom is -0.479 e. The van der Waals surface area contributed by atoms with E-state index in [1.807, 2.05) is 13.8 Å². The van der Waals surface area contributed by atoms with Gasteiger partial charge >= 0.3 is 12.1 Å². The fourth-order valence-corrected chi connectivity index (χ4v) is 2.02. The Morgan fingerprint density at radius 1 is 1.41 bits per heavy atom. The minimum atomic E-state index is -1.13. The number of nitrogens with one attached hydrogen (secondary N) is 1. The van der Waals surface area contributed by atoms with Gasteiger partial charge in [0.25, 0.3) is 0 Å². The van der Waals surface area contributed by atoms with E-state index in [-0.39, 0.29) is 11.8 Å². The van der Waals surface area contributed by atoms with E-state index >= 15 is 0 Å². The summed E-state index contributed by atoms with van der Waals surface area (Å²) in [5, 5.41) is 11.7. The number of carboxylic acids is 1. The summed E-state index contributed by atoms with van der Waals surface area (Å²) in [5.41, 5.74) is -1.75. The molecule has 1 rings (SSSR count). The summed E-state index contributed by atoms with van der Waals surface area (Å²) in [4.78, 5) is 22.8. The Bertz CT molecular complexity index is 332. The molecule has 0 spiro atoms. The molecule has 0 aromatic heterocycles. The zero-order valence-corrected chi connectivity index (χ0v) is 11.0. The standard InChI is InChI=1S/C12H21NO4/c1-7(2)8-6-12(8,9(14)15)13-10(16)17-11(3,4)5/h7-8H,6H2,1-5H3,(H,13,16)(H,14,15)/t8-,12-/m0/s1. The van der Waals surface area contributed by atoms with Crippen LogP contribution in [0.5, 0.6) is 0 Å².